The Hall–Kier alpha value is -1.85. The first kappa shape index (κ1) is 18.9. The zero-order chi connectivity index (χ0) is 18.7. The Kier molecular flexibility index (Phi) is 5.68. The summed E-state index contributed by atoms with van der Waals surface area (Å²) in [6.07, 6.45) is 4.13. The van der Waals surface area contributed by atoms with Crippen molar-refractivity contribution < 1.29 is 4.79 Å². The summed E-state index contributed by atoms with van der Waals surface area (Å²) in [7, 11) is 0. The molecule has 1 aromatic heterocycles. The van der Waals surface area contributed by atoms with Crippen molar-refractivity contribution in [3.8, 4) is 11.3 Å². The maximum atomic E-state index is 12.9. The molecule has 2 heterocycles. The SMILES string of the molecule is CC(C)(C)n1cc(C(=O)NCC2CCCNC2)c(-c2ccccc2Cl)n1. The Balaban J connectivity index is 1.88. The maximum absolute atomic E-state index is 12.9. The van der Waals surface area contributed by atoms with E-state index in [4.69, 9.17) is 11.6 Å². The molecule has 0 saturated carbocycles. The minimum atomic E-state index is -0.220. The number of hydrogen-bond acceptors (Lipinski definition) is 3. The van der Waals surface area contributed by atoms with Crippen molar-refractivity contribution >= 4 is 17.5 Å². The van der Waals surface area contributed by atoms with Gasteiger partial charge in [0, 0.05) is 18.3 Å². The smallest absolute Gasteiger partial charge is 0.255 e. The third kappa shape index (κ3) is 4.27. The standard InChI is InChI=1S/C20H27ClN4O/c1-20(2,3)25-13-16(18(24-25)15-8-4-5-9-17(15)21)19(26)23-12-14-7-6-10-22-11-14/h4-5,8-9,13-14,22H,6-7,10-12H2,1-3H3,(H,23,26). The van der Waals surface area contributed by atoms with E-state index >= 15 is 0 Å². The summed E-state index contributed by atoms with van der Waals surface area (Å²) < 4.78 is 1.84. The van der Waals surface area contributed by atoms with E-state index in [1.807, 2.05) is 35.1 Å². The average molecular weight is 375 g/mol. The van der Waals surface area contributed by atoms with E-state index in [1.54, 1.807) is 0 Å². The molecule has 2 N–H and O–H groups in total. The van der Waals surface area contributed by atoms with Gasteiger partial charge in [0.1, 0.15) is 5.69 Å². The van der Waals surface area contributed by atoms with Crippen molar-refractivity contribution in [1.29, 1.82) is 0 Å². The van der Waals surface area contributed by atoms with Crippen LogP contribution in [-0.4, -0.2) is 35.3 Å². The lowest BCUT2D eigenvalue weighted by molar-refractivity contribution is 0.0945. The van der Waals surface area contributed by atoms with E-state index in [1.165, 1.54) is 0 Å². The Morgan fingerprint density at radius 3 is 2.81 bits per heavy atom. The van der Waals surface area contributed by atoms with Crippen LogP contribution in [0.15, 0.2) is 30.5 Å². The van der Waals surface area contributed by atoms with Crippen LogP contribution in [0.5, 0.6) is 0 Å². The molecule has 3 rings (SSSR count). The molecule has 5 nitrogen and oxygen atoms in total. The van der Waals surface area contributed by atoms with Crippen LogP contribution in [0.4, 0.5) is 0 Å². The fraction of sp³-hybridized carbons (Fsp3) is 0.500. The van der Waals surface area contributed by atoms with Crippen LogP contribution in [0.3, 0.4) is 0 Å². The van der Waals surface area contributed by atoms with Gasteiger partial charge in [-0.25, -0.2) is 0 Å². The molecule has 1 amide bonds. The molecule has 0 radical (unpaired) electrons. The van der Waals surface area contributed by atoms with Crippen LogP contribution in [0.2, 0.25) is 5.02 Å². The van der Waals surface area contributed by atoms with Crippen molar-refractivity contribution in [3.05, 3.63) is 41.0 Å². The Labute approximate surface area is 160 Å². The van der Waals surface area contributed by atoms with Crippen molar-refractivity contribution in [2.24, 2.45) is 5.92 Å². The van der Waals surface area contributed by atoms with Crippen molar-refractivity contribution in [3.63, 3.8) is 0 Å². The minimum Gasteiger partial charge on any atom is -0.352 e. The van der Waals surface area contributed by atoms with Gasteiger partial charge in [0.2, 0.25) is 0 Å². The first-order valence-electron chi connectivity index (χ1n) is 9.20. The number of piperidine rings is 1. The highest BCUT2D eigenvalue weighted by molar-refractivity contribution is 6.33. The average Bonchev–Trinajstić information content (AvgIpc) is 3.06. The number of rotatable bonds is 4. The lowest BCUT2D eigenvalue weighted by Crippen LogP contribution is -2.38. The van der Waals surface area contributed by atoms with Crippen molar-refractivity contribution in [1.82, 2.24) is 20.4 Å². The molecule has 1 aromatic carbocycles. The molecule has 1 aliphatic heterocycles. The first-order chi connectivity index (χ1) is 12.4. The second kappa shape index (κ2) is 7.80. The largest absolute Gasteiger partial charge is 0.352 e. The lowest BCUT2D eigenvalue weighted by Gasteiger charge is -2.22. The first-order valence-corrected chi connectivity index (χ1v) is 9.58. The quantitative estimate of drug-likeness (QED) is 0.858. The summed E-state index contributed by atoms with van der Waals surface area (Å²) in [4.78, 5) is 12.9. The van der Waals surface area contributed by atoms with Crippen LogP contribution in [-0.2, 0) is 5.54 Å². The molecule has 0 spiro atoms. The number of nitrogens with one attached hydrogen (secondary N) is 2. The predicted octanol–water partition coefficient (Wildman–Crippen LogP) is 3.69. The molecule has 26 heavy (non-hydrogen) atoms. The van der Waals surface area contributed by atoms with Crippen LogP contribution in [0.1, 0.15) is 44.0 Å². The number of aromatic nitrogens is 2. The Morgan fingerprint density at radius 1 is 1.38 bits per heavy atom. The number of halogens is 1. The highest BCUT2D eigenvalue weighted by atomic mass is 35.5. The Bertz CT molecular complexity index is 772. The summed E-state index contributed by atoms with van der Waals surface area (Å²) in [5, 5.41) is 11.8. The van der Waals surface area contributed by atoms with Gasteiger partial charge in [-0.05, 0) is 58.7 Å². The van der Waals surface area contributed by atoms with Gasteiger partial charge >= 0.3 is 0 Å². The van der Waals surface area contributed by atoms with Crippen molar-refractivity contribution in [2.45, 2.75) is 39.2 Å². The Morgan fingerprint density at radius 2 is 2.15 bits per heavy atom. The number of carbonyl (C=O) groups is 1. The summed E-state index contributed by atoms with van der Waals surface area (Å²) in [6, 6.07) is 7.51. The minimum absolute atomic E-state index is 0.0963. The molecule has 0 bridgehead atoms. The van der Waals surface area contributed by atoms with Gasteiger partial charge in [0.15, 0.2) is 0 Å². The van der Waals surface area contributed by atoms with E-state index in [0.717, 1.165) is 31.5 Å². The molecular formula is C20H27ClN4O. The third-order valence-corrected chi connectivity index (χ3v) is 5.05. The van der Waals surface area contributed by atoms with E-state index in [2.05, 4.69) is 36.5 Å². The topological polar surface area (TPSA) is 59.0 Å². The molecular weight excluding hydrogens is 348 g/mol. The van der Waals surface area contributed by atoms with Gasteiger partial charge in [-0.15, -0.1) is 0 Å². The fourth-order valence-electron chi connectivity index (χ4n) is 3.17. The fourth-order valence-corrected chi connectivity index (χ4v) is 3.39. The van der Waals surface area contributed by atoms with E-state index < -0.39 is 0 Å². The van der Waals surface area contributed by atoms with Gasteiger partial charge < -0.3 is 10.6 Å². The van der Waals surface area contributed by atoms with Gasteiger partial charge in [-0.3, -0.25) is 9.48 Å². The summed E-state index contributed by atoms with van der Waals surface area (Å²) >= 11 is 6.37. The summed E-state index contributed by atoms with van der Waals surface area (Å²) in [5.74, 6) is 0.384. The maximum Gasteiger partial charge on any atom is 0.255 e. The summed E-state index contributed by atoms with van der Waals surface area (Å²) in [5.41, 5.74) is 1.75. The molecule has 2 aromatic rings. The summed E-state index contributed by atoms with van der Waals surface area (Å²) in [6.45, 7) is 8.89. The zero-order valence-corrected chi connectivity index (χ0v) is 16.4. The molecule has 0 aliphatic carbocycles. The molecule has 1 atom stereocenters. The van der Waals surface area contributed by atoms with Gasteiger partial charge in [-0.2, -0.15) is 5.10 Å². The predicted molar refractivity (Wildman–Crippen MR) is 106 cm³/mol. The van der Waals surface area contributed by atoms with Gasteiger partial charge in [0.05, 0.1) is 16.1 Å². The third-order valence-electron chi connectivity index (χ3n) is 4.73. The number of amides is 1. The van der Waals surface area contributed by atoms with Crippen LogP contribution < -0.4 is 10.6 Å². The number of hydrogen-bond donors (Lipinski definition) is 2. The molecule has 1 saturated heterocycles. The van der Waals surface area contributed by atoms with E-state index in [-0.39, 0.29) is 11.4 Å². The highest BCUT2D eigenvalue weighted by Gasteiger charge is 2.24. The second-order valence-corrected chi connectivity index (χ2v) is 8.32. The van der Waals surface area contributed by atoms with E-state index in [9.17, 15) is 4.79 Å². The van der Waals surface area contributed by atoms with E-state index in [0.29, 0.717) is 28.7 Å². The zero-order valence-electron chi connectivity index (χ0n) is 15.7. The number of benzene rings is 1. The van der Waals surface area contributed by atoms with Gasteiger partial charge in [-0.1, -0.05) is 29.8 Å². The molecule has 1 unspecified atom stereocenters. The number of nitrogens with zero attached hydrogens (tertiary/aromatic N) is 2. The lowest BCUT2D eigenvalue weighted by atomic mass is 9.99. The molecule has 140 valence electrons. The van der Waals surface area contributed by atoms with Gasteiger partial charge in [0.25, 0.3) is 5.91 Å². The normalized spacial score (nSPS) is 17.9. The van der Waals surface area contributed by atoms with Crippen LogP contribution in [0, 0.1) is 5.92 Å². The highest BCUT2D eigenvalue weighted by Crippen LogP contribution is 2.30. The molecule has 1 aliphatic rings. The number of carbonyl (C=O) groups excluding carboxylic acids is 1. The molecule has 6 heteroatoms. The van der Waals surface area contributed by atoms with Crippen LogP contribution >= 0.6 is 11.6 Å². The van der Waals surface area contributed by atoms with Crippen molar-refractivity contribution in [2.75, 3.05) is 19.6 Å². The molecule has 1 fully saturated rings. The second-order valence-electron chi connectivity index (χ2n) is 7.91. The monoisotopic (exact) mass is 374 g/mol. The van der Waals surface area contributed by atoms with Crippen LogP contribution in [0.25, 0.3) is 11.3 Å².